The molecule has 26 heavy (non-hydrogen) atoms. The number of aliphatic hydroxyl groups excluding tert-OH is 1. The first-order chi connectivity index (χ1) is 12.3. The highest BCUT2D eigenvalue weighted by molar-refractivity contribution is 7.99. The molecule has 1 aromatic heterocycles. The molecule has 0 aliphatic heterocycles. The highest BCUT2D eigenvalue weighted by Gasteiger charge is 2.16. The minimum atomic E-state index is -0.711. The van der Waals surface area contributed by atoms with Crippen molar-refractivity contribution < 1.29 is 9.90 Å². The van der Waals surface area contributed by atoms with Crippen LogP contribution in [0.25, 0.3) is 10.9 Å². The van der Waals surface area contributed by atoms with Crippen LogP contribution in [-0.4, -0.2) is 38.5 Å². The Hall–Kier alpha value is -1.57. The van der Waals surface area contributed by atoms with Crippen molar-refractivity contribution in [2.75, 3.05) is 5.75 Å². The average Bonchev–Trinajstić information content (AvgIpc) is 2.60. The molecule has 0 unspecified atom stereocenters. The third-order valence-electron chi connectivity index (χ3n) is 4.01. The number of nitrogens with one attached hydrogen (secondary N) is 1. The van der Waals surface area contributed by atoms with Crippen molar-refractivity contribution in [2.24, 2.45) is 0 Å². The fraction of sp³-hybridized carbons (Fsp3) is 0.500. The van der Waals surface area contributed by atoms with Gasteiger partial charge in [0.15, 0.2) is 5.16 Å². The second-order valence-electron chi connectivity index (χ2n) is 6.19. The Bertz CT molecular complexity index is 834. The van der Waals surface area contributed by atoms with Gasteiger partial charge in [0.1, 0.15) is 0 Å². The van der Waals surface area contributed by atoms with Crippen LogP contribution in [0.3, 0.4) is 0 Å². The van der Waals surface area contributed by atoms with E-state index in [2.05, 4.69) is 10.3 Å². The number of hydrogen-bond donors (Lipinski definition) is 2. The maximum absolute atomic E-state index is 12.8. The van der Waals surface area contributed by atoms with E-state index < -0.39 is 6.10 Å². The summed E-state index contributed by atoms with van der Waals surface area (Å²) in [6.07, 6.45) is 1.02. The summed E-state index contributed by atoms with van der Waals surface area (Å²) < 4.78 is 1.41. The van der Waals surface area contributed by atoms with Crippen molar-refractivity contribution in [3.8, 4) is 0 Å². The molecule has 1 atom stereocenters. The Balaban J connectivity index is 2.32. The number of carbonyl (C=O) groups is 1. The number of amides is 1. The molecule has 0 aliphatic carbocycles. The highest BCUT2D eigenvalue weighted by atomic mass is 35.5. The van der Waals surface area contributed by atoms with Crippen molar-refractivity contribution in [3.63, 3.8) is 0 Å². The van der Waals surface area contributed by atoms with Crippen molar-refractivity contribution in [1.82, 2.24) is 14.9 Å². The number of carbonyl (C=O) groups excluding carboxylic acids is 1. The molecule has 0 fully saturated rings. The quantitative estimate of drug-likeness (QED) is 0.528. The first-order valence-electron chi connectivity index (χ1n) is 8.66. The number of aliphatic hydroxyl groups is 1. The van der Waals surface area contributed by atoms with Crippen molar-refractivity contribution >= 4 is 40.2 Å². The predicted octanol–water partition coefficient (Wildman–Crippen LogP) is 2.83. The topological polar surface area (TPSA) is 84.2 Å². The normalized spacial score (nSPS) is 12.5. The van der Waals surface area contributed by atoms with E-state index in [0.29, 0.717) is 21.1 Å². The molecule has 0 radical (unpaired) electrons. The van der Waals surface area contributed by atoms with Gasteiger partial charge in [0.05, 0.1) is 29.3 Å². The zero-order chi connectivity index (χ0) is 19.3. The number of aromatic nitrogens is 2. The summed E-state index contributed by atoms with van der Waals surface area (Å²) in [5, 5.41) is 14.0. The second kappa shape index (κ2) is 9.39. The Kier molecular flexibility index (Phi) is 7.49. The molecule has 2 rings (SSSR count). The van der Waals surface area contributed by atoms with Gasteiger partial charge in [0.2, 0.25) is 5.91 Å². The van der Waals surface area contributed by atoms with E-state index in [1.54, 1.807) is 25.1 Å². The molecule has 0 saturated carbocycles. The van der Waals surface area contributed by atoms with Gasteiger partial charge in [0, 0.05) is 11.1 Å². The van der Waals surface area contributed by atoms with Crippen LogP contribution < -0.4 is 10.9 Å². The van der Waals surface area contributed by atoms with E-state index in [1.807, 2.05) is 13.8 Å². The van der Waals surface area contributed by atoms with E-state index >= 15 is 0 Å². The molecule has 0 aliphatic rings. The lowest BCUT2D eigenvalue weighted by Crippen LogP contribution is -2.35. The number of halogens is 1. The van der Waals surface area contributed by atoms with Crippen molar-refractivity contribution in [1.29, 1.82) is 0 Å². The van der Waals surface area contributed by atoms with E-state index in [0.717, 1.165) is 12.8 Å². The van der Waals surface area contributed by atoms with Crippen LogP contribution in [0.2, 0.25) is 5.02 Å². The number of thioether (sulfide) groups is 1. The third kappa shape index (κ3) is 5.22. The van der Waals surface area contributed by atoms with E-state index in [9.17, 15) is 14.7 Å². The van der Waals surface area contributed by atoms with Crippen molar-refractivity contribution in [3.05, 3.63) is 33.6 Å². The van der Waals surface area contributed by atoms with Gasteiger partial charge in [-0.1, -0.05) is 37.2 Å². The Morgan fingerprint density at radius 3 is 2.69 bits per heavy atom. The Labute approximate surface area is 162 Å². The van der Waals surface area contributed by atoms with E-state index in [1.165, 1.54) is 16.3 Å². The molecule has 0 bridgehead atoms. The lowest BCUT2D eigenvalue weighted by atomic mass is 10.2. The Morgan fingerprint density at radius 2 is 2.08 bits per heavy atom. The summed E-state index contributed by atoms with van der Waals surface area (Å²) in [6, 6.07) is 5.03. The van der Waals surface area contributed by atoms with Crippen LogP contribution in [0.4, 0.5) is 0 Å². The summed E-state index contributed by atoms with van der Waals surface area (Å²) in [4.78, 5) is 29.4. The molecular weight excluding hydrogens is 374 g/mol. The van der Waals surface area contributed by atoms with Crippen LogP contribution in [-0.2, 0) is 11.3 Å². The summed E-state index contributed by atoms with van der Waals surface area (Å²) >= 11 is 7.19. The summed E-state index contributed by atoms with van der Waals surface area (Å²) in [5.41, 5.74) is 0.225. The second-order valence-corrected chi connectivity index (χ2v) is 7.57. The maximum Gasteiger partial charge on any atom is 0.262 e. The lowest BCUT2D eigenvalue weighted by Gasteiger charge is -2.16. The zero-order valence-electron chi connectivity index (χ0n) is 15.2. The molecule has 8 heteroatoms. The fourth-order valence-corrected chi connectivity index (χ4v) is 3.59. The van der Waals surface area contributed by atoms with E-state index in [4.69, 9.17) is 11.6 Å². The maximum atomic E-state index is 12.8. The smallest absolute Gasteiger partial charge is 0.262 e. The monoisotopic (exact) mass is 397 g/mol. The summed E-state index contributed by atoms with van der Waals surface area (Å²) in [5.74, 6) is 0.0437. The number of rotatable bonds is 8. The first-order valence-corrected chi connectivity index (χ1v) is 10.0. The van der Waals surface area contributed by atoms with Crippen LogP contribution in [0.1, 0.15) is 33.6 Å². The van der Waals surface area contributed by atoms with Crippen LogP contribution in [0.5, 0.6) is 0 Å². The third-order valence-corrected chi connectivity index (χ3v) is 5.22. The lowest BCUT2D eigenvalue weighted by molar-refractivity contribution is -0.119. The largest absolute Gasteiger partial charge is 0.392 e. The highest BCUT2D eigenvalue weighted by Crippen LogP contribution is 2.20. The molecule has 2 aromatic rings. The van der Waals surface area contributed by atoms with E-state index in [-0.39, 0.29) is 29.8 Å². The molecule has 1 amide bonds. The molecule has 142 valence electrons. The predicted molar refractivity (Wildman–Crippen MR) is 106 cm³/mol. The molecule has 1 heterocycles. The molecular formula is C18H24ClN3O3S. The van der Waals surface area contributed by atoms with Crippen LogP contribution in [0.15, 0.2) is 28.2 Å². The first kappa shape index (κ1) is 20.7. The van der Waals surface area contributed by atoms with Crippen molar-refractivity contribution in [2.45, 2.75) is 57.5 Å². The minimum absolute atomic E-state index is 0.104. The molecule has 2 N–H and O–H groups in total. The molecule has 1 aromatic carbocycles. The van der Waals surface area contributed by atoms with Gasteiger partial charge in [-0.25, -0.2) is 4.98 Å². The van der Waals surface area contributed by atoms with Gasteiger partial charge in [-0.2, -0.15) is 0 Å². The summed E-state index contributed by atoms with van der Waals surface area (Å²) in [7, 11) is 0. The SMILES string of the molecule is CCC(CC)NC(=O)CSc1nc2cc(Cl)ccc2c(=O)n1C[C@H](C)O. The van der Waals surface area contributed by atoms with Gasteiger partial charge in [0.25, 0.3) is 5.56 Å². The Morgan fingerprint density at radius 1 is 1.38 bits per heavy atom. The molecule has 6 nitrogen and oxygen atoms in total. The minimum Gasteiger partial charge on any atom is -0.392 e. The van der Waals surface area contributed by atoms with Crippen LogP contribution in [0, 0.1) is 0 Å². The number of benzene rings is 1. The van der Waals surface area contributed by atoms with Gasteiger partial charge in [-0.05, 0) is 38.0 Å². The molecule has 0 spiro atoms. The summed E-state index contributed by atoms with van der Waals surface area (Å²) in [6.45, 7) is 5.76. The average molecular weight is 398 g/mol. The number of nitrogens with zero attached hydrogens (tertiary/aromatic N) is 2. The zero-order valence-corrected chi connectivity index (χ0v) is 16.7. The molecule has 0 saturated heterocycles. The standard InChI is InChI=1S/C18H24ClN3O3S/c1-4-13(5-2)20-16(24)10-26-18-21-15-8-12(19)6-7-14(15)17(25)22(18)9-11(3)23/h6-8,11,13,23H,4-5,9-10H2,1-3H3,(H,20,24)/t11-/m0/s1. The van der Waals surface area contributed by atoms with Crippen LogP contribution >= 0.6 is 23.4 Å². The fourth-order valence-electron chi connectivity index (χ4n) is 2.60. The van der Waals surface area contributed by atoms with Gasteiger partial charge >= 0.3 is 0 Å². The van der Waals surface area contributed by atoms with Gasteiger partial charge in [-0.3, -0.25) is 14.2 Å². The number of fused-ring (bicyclic) bond motifs is 1. The van der Waals surface area contributed by atoms with Gasteiger partial charge in [-0.15, -0.1) is 0 Å². The number of hydrogen-bond acceptors (Lipinski definition) is 5. The van der Waals surface area contributed by atoms with Gasteiger partial charge < -0.3 is 10.4 Å².